The molecule has 0 aromatic heterocycles. The molecule has 1 aliphatic rings. The Bertz CT molecular complexity index is 761. The topological polar surface area (TPSA) is 42.0 Å². The highest BCUT2D eigenvalue weighted by Crippen LogP contribution is 2.23. The molecule has 2 aromatic carbocycles. The number of hydrogen-bond donors (Lipinski definition) is 0. The molecular weight excluding hydrogens is 364 g/mol. The van der Waals surface area contributed by atoms with Gasteiger partial charge in [0, 0.05) is 45.4 Å². The lowest BCUT2D eigenvalue weighted by atomic mass is 10.1. The molecule has 1 amide bonds. The number of benzene rings is 2. The highest BCUT2D eigenvalue weighted by molar-refractivity contribution is 6.32. The van der Waals surface area contributed by atoms with E-state index in [2.05, 4.69) is 4.90 Å². The third-order valence-corrected chi connectivity index (χ3v) is 4.96. The van der Waals surface area contributed by atoms with Crippen molar-refractivity contribution in [3.63, 3.8) is 0 Å². The number of halogens is 1. The number of hydrogen-bond acceptors (Lipinski definition) is 4. The fourth-order valence-electron chi connectivity index (χ4n) is 3.16. The molecular formula is C21H25ClN2O3. The van der Waals surface area contributed by atoms with Gasteiger partial charge >= 0.3 is 0 Å². The van der Waals surface area contributed by atoms with Gasteiger partial charge in [-0.05, 0) is 29.8 Å². The molecule has 0 N–H and O–H groups in total. The van der Waals surface area contributed by atoms with Crippen LogP contribution in [-0.4, -0.2) is 62.1 Å². The smallest absolute Gasteiger partial charge is 0.253 e. The number of amides is 1. The number of para-hydroxylation sites is 1. The molecule has 0 unspecified atom stereocenters. The number of ether oxygens (including phenoxy) is 2. The van der Waals surface area contributed by atoms with E-state index in [1.54, 1.807) is 7.11 Å². The highest BCUT2D eigenvalue weighted by atomic mass is 35.5. The summed E-state index contributed by atoms with van der Waals surface area (Å²) in [5, 5.41) is 0.628. The number of carbonyl (C=O) groups is 1. The van der Waals surface area contributed by atoms with Gasteiger partial charge in [-0.1, -0.05) is 35.9 Å². The fourth-order valence-corrected chi connectivity index (χ4v) is 3.35. The lowest BCUT2D eigenvalue weighted by Gasteiger charge is -2.34. The maximum Gasteiger partial charge on any atom is 0.253 e. The van der Waals surface area contributed by atoms with E-state index in [1.165, 1.54) is 0 Å². The largest absolute Gasteiger partial charge is 0.491 e. The first-order valence-electron chi connectivity index (χ1n) is 9.14. The van der Waals surface area contributed by atoms with Gasteiger partial charge in [-0.3, -0.25) is 9.69 Å². The molecule has 1 aliphatic heterocycles. The van der Waals surface area contributed by atoms with Crippen molar-refractivity contribution < 1.29 is 14.3 Å². The zero-order chi connectivity index (χ0) is 19.1. The number of rotatable bonds is 7. The van der Waals surface area contributed by atoms with Crippen LogP contribution in [0.5, 0.6) is 5.75 Å². The Morgan fingerprint density at radius 2 is 1.85 bits per heavy atom. The van der Waals surface area contributed by atoms with Crippen LogP contribution in [0.2, 0.25) is 5.02 Å². The molecule has 27 heavy (non-hydrogen) atoms. The first-order valence-corrected chi connectivity index (χ1v) is 9.52. The lowest BCUT2D eigenvalue weighted by molar-refractivity contribution is 0.0620. The van der Waals surface area contributed by atoms with Crippen LogP contribution in [0.1, 0.15) is 15.9 Å². The van der Waals surface area contributed by atoms with Gasteiger partial charge in [0.05, 0.1) is 11.6 Å². The molecule has 0 radical (unpaired) electrons. The molecule has 1 saturated heterocycles. The Morgan fingerprint density at radius 3 is 2.59 bits per heavy atom. The third kappa shape index (κ3) is 5.45. The summed E-state index contributed by atoms with van der Waals surface area (Å²) in [5.74, 6) is 0.795. The summed E-state index contributed by atoms with van der Waals surface area (Å²) in [7, 11) is 1.66. The molecule has 5 nitrogen and oxygen atoms in total. The predicted molar refractivity (Wildman–Crippen MR) is 106 cm³/mol. The highest BCUT2D eigenvalue weighted by Gasteiger charge is 2.22. The summed E-state index contributed by atoms with van der Waals surface area (Å²) in [5.41, 5.74) is 1.73. The van der Waals surface area contributed by atoms with Gasteiger partial charge in [0.2, 0.25) is 0 Å². The molecule has 1 heterocycles. The van der Waals surface area contributed by atoms with Crippen LogP contribution < -0.4 is 4.74 Å². The van der Waals surface area contributed by atoms with Crippen molar-refractivity contribution in [2.45, 2.75) is 6.61 Å². The van der Waals surface area contributed by atoms with E-state index >= 15 is 0 Å². The van der Waals surface area contributed by atoms with Gasteiger partial charge in [0.15, 0.2) is 0 Å². The molecule has 3 rings (SSSR count). The summed E-state index contributed by atoms with van der Waals surface area (Å²) in [6.07, 6.45) is 0. The number of carbonyl (C=O) groups excluding carboxylic acids is 1. The van der Waals surface area contributed by atoms with Crippen LogP contribution in [0, 0.1) is 0 Å². The normalized spacial score (nSPS) is 15.0. The van der Waals surface area contributed by atoms with Gasteiger partial charge < -0.3 is 14.4 Å². The molecule has 2 aromatic rings. The van der Waals surface area contributed by atoms with Gasteiger partial charge in [-0.25, -0.2) is 0 Å². The van der Waals surface area contributed by atoms with Crippen molar-refractivity contribution in [1.82, 2.24) is 9.80 Å². The monoisotopic (exact) mass is 388 g/mol. The molecule has 0 saturated carbocycles. The summed E-state index contributed by atoms with van der Waals surface area (Å²) in [4.78, 5) is 16.9. The minimum atomic E-state index is 0.0833. The van der Waals surface area contributed by atoms with E-state index < -0.39 is 0 Å². The minimum absolute atomic E-state index is 0.0833. The van der Waals surface area contributed by atoms with Gasteiger partial charge in [0.25, 0.3) is 5.91 Å². The molecule has 6 heteroatoms. The van der Waals surface area contributed by atoms with E-state index in [-0.39, 0.29) is 5.91 Å². The second kappa shape index (κ2) is 9.74. The van der Waals surface area contributed by atoms with Gasteiger partial charge in [-0.2, -0.15) is 0 Å². The zero-order valence-corrected chi connectivity index (χ0v) is 16.3. The van der Waals surface area contributed by atoms with Crippen LogP contribution in [0.25, 0.3) is 0 Å². The summed E-state index contributed by atoms with van der Waals surface area (Å²) < 4.78 is 10.9. The second-order valence-electron chi connectivity index (χ2n) is 6.55. The van der Waals surface area contributed by atoms with E-state index in [0.717, 1.165) is 43.9 Å². The van der Waals surface area contributed by atoms with Crippen molar-refractivity contribution in [2.24, 2.45) is 0 Å². The molecule has 0 spiro atoms. The first kappa shape index (κ1) is 19.7. The average molecular weight is 389 g/mol. The zero-order valence-electron chi connectivity index (χ0n) is 15.6. The molecule has 0 atom stereocenters. The Kier molecular flexibility index (Phi) is 7.10. The SMILES string of the molecule is COCc1cccc(C(=O)N2CCN(CCOc3ccccc3Cl)CC2)c1. The Labute approximate surface area is 165 Å². The predicted octanol–water partition coefficient (Wildman–Crippen LogP) is 3.32. The maximum atomic E-state index is 12.7. The van der Waals surface area contributed by atoms with E-state index in [0.29, 0.717) is 24.0 Å². The summed E-state index contributed by atoms with van der Waals surface area (Å²) in [6.45, 7) is 5.04. The van der Waals surface area contributed by atoms with E-state index in [1.807, 2.05) is 53.4 Å². The van der Waals surface area contributed by atoms with Crippen LogP contribution in [0.3, 0.4) is 0 Å². The lowest BCUT2D eigenvalue weighted by Crippen LogP contribution is -2.49. The Hall–Kier alpha value is -2.08. The fraction of sp³-hybridized carbons (Fsp3) is 0.381. The van der Waals surface area contributed by atoms with Crippen molar-refractivity contribution >= 4 is 17.5 Å². The summed E-state index contributed by atoms with van der Waals surface area (Å²) >= 11 is 6.10. The second-order valence-corrected chi connectivity index (χ2v) is 6.95. The third-order valence-electron chi connectivity index (χ3n) is 4.65. The van der Waals surface area contributed by atoms with Crippen LogP contribution >= 0.6 is 11.6 Å². The van der Waals surface area contributed by atoms with Crippen molar-refractivity contribution in [3.05, 3.63) is 64.7 Å². The standard InChI is InChI=1S/C21H25ClN2O3/c1-26-16-17-5-4-6-18(15-17)21(25)24-11-9-23(10-12-24)13-14-27-20-8-3-2-7-19(20)22/h2-8,15H,9-14,16H2,1H3. The quantitative estimate of drug-likeness (QED) is 0.729. The van der Waals surface area contributed by atoms with Crippen LogP contribution in [-0.2, 0) is 11.3 Å². The van der Waals surface area contributed by atoms with Crippen molar-refractivity contribution in [3.8, 4) is 5.75 Å². The summed E-state index contributed by atoms with van der Waals surface area (Å²) in [6, 6.07) is 15.1. The maximum absolute atomic E-state index is 12.7. The van der Waals surface area contributed by atoms with E-state index in [4.69, 9.17) is 21.1 Å². The van der Waals surface area contributed by atoms with Crippen LogP contribution in [0.15, 0.2) is 48.5 Å². The van der Waals surface area contributed by atoms with E-state index in [9.17, 15) is 4.79 Å². The Balaban J connectivity index is 1.45. The van der Waals surface area contributed by atoms with Crippen LogP contribution in [0.4, 0.5) is 0 Å². The van der Waals surface area contributed by atoms with Crippen molar-refractivity contribution in [1.29, 1.82) is 0 Å². The minimum Gasteiger partial charge on any atom is -0.491 e. The Morgan fingerprint density at radius 1 is 1.07 bits per heavy atom. The van der Waals surface area contributed by atoms with Gasteiger partial charge in [-0.15, -0.1) is 0 Å². The first-order chi connectivity index (χ1) is 13.2. The number of piperazine rings is 1. The average Bonchev–Trinajstić information content (AvgIpc) is 2.70. The molecule has 0 bridgehead atoms. The molecule has 144 valence electrons. The number of methoxy groups -OCH3 is 1. The molecule has 0 aliphatic carbocycles. The van der Waals surface area contributed by atoms with Crippen molar-refractivity contribution in [2.75, 3.05) is 46.4 Å². The van der Waals surface area contributed by atoms with Gasteiger partial charge in [0.1, 0.15) is 12.4 Å². The number of nitrogens with zero attached hydrogens (tertiary/aromatic N) is 2. The molecule has 1 fully saturated rings.